The highest BCUT2D eigenvalue weighted by molar-refractivity contribution is 5.98. The normalized spacial score (nSPS) is 11.1. The SMILES string of the molecule is Cc1ccc(-c2nnc(-n3nc(N)nc3-c3ccccc3)c3ccccc23)cc1. The second-order valence-electron chi connectivity index (χ2n) is 6.86. The van der Waals surface area contributed by atoms with Crippen molar-refractivity contribution in [2.24, 2.45) is 0 Å². The fourth-order valence-electron chi connectivity index (χ4n) is 3.42. The Morgan fingerprint density at radius 3 is 2.17 bits per heavy atom. The maximum absolute atomic E-state index is 5.94. The van der Waals surface area contributed by atoms with Crippen LogP contribution in [0.4, 0.5) is 5.95 Å². The van der Waals surface area contributed by atoms with Crippen LogP contribution in [0.3, 0.4) is 0 Å². The molecule has 140 valence electrons. The minimum atomic E-state index is 0.192. The van der Waals surface area contributed by atoms with E-state index in [4.69, 9.17) is 5.73 Å². The van der Waals surface area contributed by atoms with E-state index in [9.17, 15) is 0 Å². The van der Waals surface area contributed by atoms with Gasteiger partial charge in [0.15, 0.2) is 11.6 Å². The number of hydrogen-bond donors (Lipinski definition) is 1. The molecule has 2 aromatic heterocycles. The molecule has 0 fully saturated rings. The summed E-state index contributed by atoms with van der Waals surface area (Å²) in [4.78, 5) is 4.42. The Balaban J connectivity index is 1.75. The number of aromatic nitrogens is 5. The van der Waals surface area contributed by atoms with Gasteiger partial charge in [0.2, 0.25) is 5.95 Å². The molecule has 0 saturated carbocycles. The number of benzene rings is 3. The fraction of sp³-hybridized carbons (Fsp3) is 0.0435. The van der Waals surface area contributed by atoms with Crippen LogP contribution in [0.25, 0.3) is 39.2 Å². The molecule has 2 N–H and O–H groups in total. The Hall–Kier alpha value is -4.06. The van der Waals surface area contributed by atoms with Crippen LogP contribution in [-0.2, 0) is 0 Å². The number of rotatable bonds is 3. The third-order valence-electron chi connectivity index (χ3n) is 4.85. The van der Waals surface area contributed by atoms with Crippen molar-refractivity contribution in [3.63, 3.8) is 0 Å². The summed E-state index contributed by atoms with van der Waals surface area (Å²) in [6.45, 7) is 2.07. The van der Waals surface area contributed by atoms with Crippen molar-refractivity contribution in [1.29, 1.82) is 0 Å². The first-order valence-electron chi connectivity index (χ1n) is 9.31. The second kappa shape index (κ2) is 6.83. The average Bonchev–Trinajstić information content (AvgIpc) is 3.16. The Morgan fingerprint density at radius 1 is 0.724 bits per heavy atom. The Kier molecular flexibility index (Phi) is 4.02. The third-order valence-corrected chi connectivity index (χ3v) is 4.85. The monoisotopic (exact) mass is 378 g/mol. The predicted octanol–water partition coefficient (Wildman–Crippen LogP) is 4.44. The smallest absolute Gasteiger partial charge is 0.240 e. The molecule has 29 heavy (non-hydrogen) atoms. The molecule has 0 saturated heterocycles. The lowest BCUT2D eigenvalue weighted by Gasteiger charge is -2.11. The molecule has 2 heterocycles. The molecule has 0 aliphatic carbocycles. The van der Waals surface area contributed by atoms with Gasteiger partial charge in [0.1, 0.15) is 5.69 Å². The molecule has 3 aromatic carbocycles. The molecule has 0 atom stereocenters. The van der Waals surface area contributed by atoms with Crippen LogP contribution >= 0.6 is 0 Å². The van der Waals surface area contributed by atoms with E-state index in [1.807, 2.05) is 54.6 Å². The highest BCUT2D eigenvalue weighted by Gasteiger charge is 2.18. The first kappa shape index (κ1) is 17.1. The summed E-state index contributed by atoms with van der Waals surface area (Å²) in [5.74, 6) is 1.42. The van der Waals surface area contributed by atoms with E-state index in [1.54, 1.807) is 4.68 Å². The van der Waals surface area contributed by atoms with E-state index in [0.29, 0.717) is 11.6 Å². The molecular formula is C23H18N6. The van der Waals surface area contributed by atoms with Gasteiger partial charge in [-0.25, -0.2) is 0 Å². The quantitative estimate of drug-likeness (QED) is 0.502. The molecule has 0 spiro atoms. The average molecular weight is 378 g/mol. The fourth-order valence-corrected chi connectivity index (χ4v) is 3.42. The number of aryl methyl sites for hydroxylation is 1. The molecule has 5 rings (SSSR count). The van der Waals surface area contributed by atoms with Gasteiger partial charge >= 0.3 is 0 Å². The minimum Gasteiger partial charge on any atom is -0.366 e. The summed E-state index contributed by atoms with van der Waals surface area (Å²) in [5.41, 5.74) is 9.90. The predicted molar refractivity (Wildman–Crippen MR) is 114 cm³/mol. The second-order valence-corrected chi connectivity index (χ2v) is 6.86. The lowest BCUT2D eigenvalue weighted by molar-refractivity contribution is 0.836. The number of nitrogen functional groups attached to an aromatic ring is 1. The molecule has 0 unspecified atom stereocenters. The molecule has 0 aliphatic rings. The molecular weight excluding hydrogens is 360 g/mol. The van der Waals surface area contributed by atoms with E-state index in [1.165, 1.54) is 5.56 Å². The van der Waals surface area contributed by atoms with Gasteiger partial charge in [0, 0.05) is 21.9 Å². The zero-order chi connectivity index (χ0) is 19.8. The maximum Gasteiger partial charge on any atom is 0.240 e. The lowest BCUT2D eigenvalue weighted by atomic mass is 10.0. The Labute approximate surface area is 167 Å². The van der Waals surface area contributed by atoms with Gasteiger partial charge in [-0.2, -0.15) is 9.67 Å². The molecule has 0 radical (unpaired) electrons. The summed E-state index contributed by atoms with van der Waals surface area (Å²) in [6, 6.07) is 26.1. The van der Waals surface area contributed by atoms with Gasteiger partial charge in [0.25, 0.3) is 0 Å². The summed E-state index contributed by atoms with van der Waals surface area (Å²) in [5, 5.41) is 15.4. The van der Waals surface area contributed by atoms with Crippen LogP contribution in [0, 0.1) is 6.92 Å². The maximum atomic E-state index is 5.94. The van der Waals surface area contributed by atoms with E-state index in [2.05, 4.69) is 51.5 Å². The standard InChI is InChI=1S/C23H18N6/c1-15-11-13-16(14-12-15)20-18-9-5-6-10-19(18)22(27-26-20)29-21(25-23(24)28-29)17-7-3-2-4-8-17/h2-14H,1H3,(H2,24,28). The van der Waals surface area contributed by atoms with Crippen LogP contribution in [0.2, 0.25) is 0 Å². The van der Waals surface area contributed by atoms with Crippen LogP contribution < -0.4 is 5.73 Å². The van der Waals surface area contributed by atoms with Crippen molar-refractivity contribution >= 4 is 16.7 Å². The highest BCUT2D eigenvalue weighted by Crippen LogP contribution is 2.31. The first-order chi connectivity index (χ1) is 14.2. The Bertz CT molecular complexity index is 1310. The number of hydrogen-bond acceptors (Lipinski definition) is 5. The third kappa shape index (κ3) is 3.00. The van der Waals surface area contributed by atoms with E-state index in [0.717, 1.165) is 27.6 Å². The lowest BCUT2D eigenvalue weighted by Crippen LogP contribution is -2.06. The number of nitrogens with zero attached hydrogens (tertiary/aromatic N) is 5. The molecule has 0 bridgehead atoms. The van der Waals surface area contributed by atoms with Gasteiger partial charge in [0.05, 0.1) is 0 Å². The van der Waals surface area contributed by atoms with Gasteiger partial charge < -0.3 is 5.73 Å². The molecule has 6 nitrogen and oxygen atoms in total. The number of fused-ring (bicyclic) bond motifs is 1. The molecule has 0 amide bonds. The van der Waals surface area contributed by atoms with E-state index in [-0.39, 0.29) is 5.95 Å². The minimum absolute atomic E-state index is 0.192. The topological polar surface area (TPSA) is 82.5 Å². The molecule has 0 aliphatic heterocycles. The first-order valence-corrected chi connectivity index (χ1v) is 9.31. The van der Waals surface area contributed by atoms with Gasteiger partial charge in [-0.3, -0.25) is 0 Å². The van der Waals surface area contributed by atoms with Gasteiger partial charge in [-0.05, 0) is 6.92 Å². The van der Waals surface area contributed by atoms with Crippen LogP contribution in [0.1, 0.15) is 5.56 Å². The van der Waals surface area contributed by atoms with Gasteiger partial charge in [-0.1, -0.05) is 84.4 Å². The number of nitrogens with two attached hydrogens (primary N) is 1. The van der Waals surface area contributed by atoms with Crippen molar-refractivity contribution in [3.8, 4) is 28.5 Å². The highest BCUT2D eigenvalue weighted by atomic mass is 15.4. The zero-order valence-corrected chi connectivity index (χ0v) is 15.8. The van der Waals surface area contributed by atoms with Crippen LogP contribution in [0.5, 0.6) is 0 Å². The zero-order valence-electron chi connectivity index (χ0n) is 15.8. The summed E-state index contributed by atoms with van der Waals surface area (Å²) in [7, 11) is 0. The van der Waals surface area contributed by atoms with E-state index < -0.39 is 0 Å². The van der Waals surface area contributed by atoms with Crippen molar-refractivity contribution in [1.82, 2.24) is 25.0 Å². The summed E-state index contributed by atoms with van der Waals surface area (Å²) >= 11 is 0. The van der Waals surface area contributed by atoms with Crippen molar-refractivity contribution in [2.45, 2.75) is 6.92 Å². The van der Waals surface area contributed by atoms with Crippen molar-refractivity contribution < 1.29 is 0 Å². The summed E-state index contributed by atoms with van der Waals surface area (Å²) < 4.78 is 1.67. The largest absolute Gasteiger partial charge is 0.366 e. The van der Waals surface area contributed by atoms with Crippen molar-refractivity contribution in [3.05, 3.63) is 84.4 Å². The van der Waals surface area contributed by atoms with Gasteiger partial charge in [-0.15, -0.1) is 15.3 Å². The van der Waals surface area contributed by atoms with E-state index >= 15 is 0 Å². The van der Waals surface area contributed by atoms with Crippen molar-refractivity contribution in [2.75, 3.05) is 5.73 Å². The van der Waals surface area contributed by atoms with Crippen LogP contribution in [-0.4, -0.2) is 25.0 Å². The molecule has 6 heteroatoms. The number of anilines is 1. The van der Waals surface area contributed by atoms with Crippen LogP contribution in [0.15, 0.2) is 78.9 Å². The molecule has 5 aromatic rings. The summed E-state index contributed by atoms with van der Waals surface area (Å²) in [6.07, 6.45) is 0. The Morgan fingerprint density at radius 2 is 1.41 bits per heavy atom.